The maximum absolute atomic E-state index is 11.1. The first-order chi connectivity index (χ1) is 6.83. The summed E-state index contributed by atoms with van der Waals surface area (Å²) in [4.78, 5) is 17.9. The second-order valence-electron chi connectivity index (χ2n) is 2.40. The molecule has 6 heteroatoms. The van der Waals surface area contributed by atoms with Crippen molar-refractivity contribution in [3.63, 3.8) is 0 Å². The van der Waals surface area contributed by atoms with Crippen LogP contribution in [0.1, 0.15) is 0 Å². The van der Waals surface area contributed by atoms with Crippen LogP contribution in [0.5, 0.6) is 0 Å². The number of imidazole rings is 1. The number of aromatic nitrogens is 2. The van der Waals surface area contributed by atoms with Gasteiger partial charge in [0.2, 0.25) is 0 Å². The molecule has 0 fully saturated rings. The molecular formula is C8H12N2O3S. The van der Waals surface area contributed by atoms with Crippen molar-refractivity contribution in [3.05, 3.63) is 12.4 Å². The highest BCUT2D eigenvalue weighted by Crippen LogP contribution is 2.11. The third-order valence-electron chi connectivity index (χ3n) is 1.35. The molecule has 0 unspecified atom stereocenters. The average molecular weight is 216 g/mol. The first-order valence-corrected chi connectivity index (χ1v) is 5.08. The third-order valence-corrected chi connectivity index (χ3v) is 2.23. The van der Waals surface area contributed by atoms with Gasteiger partial charge < -0.3 is 14.5 Å². The van der Waals surface area contributed by atoms with E-state index in [2.05, 4.69) is 9.97 Å². The van der Waals surface area contributed by atoms with E-state index in [-0.39, 0.29) is 11.7 Å². The fourth-order valence-corrected chi connectivity index (χ4v) is 1.36. The highest BCUT2D eigenvalue weighted by atomic mass is 32.2. The Labute approximate surface area is 86.2 Å². The maximum Gasteiger partial charge on any atom is 0.316 e. The van der Waals surface area contributed by atoms with Crippen molar-refractivity contribution >= 4 is 17.7 Å². The van der Waals surface area contributed by atoms with Gasteiger partial charge in [0.25, 0.3) is 0 Å². The number of aromatic amines is 1. The van der Waals surface area contributed by atoms with Crippen molar-refractivity contribution in [1.82, 2.24) is 9.97 Å². The average Bonchev–Trinajstić information content (AvgIpc) is 2.68. The Kier molecular flexibility index (Phi) is 5.09. The molecule has 0 bridgehead atoms. The zero-order valence-corrected chi connectivity index (χ0v) is 8.67. The molecule has 0 saturated carbocycles. The standard InChI is InChI=1S/C8H12N2O3S/c1-12-4-5-13-7(11)6-14-8-9-2-3-10-8/h2-3H,4-6H2,1H3,(H,9,10). The minimum Gasteiger partial charge on any atom is -0.463 e. The van der Waals surface area contributed by atoms with Crippen LogP contribution in [-0.2, 0) is 14.3 Å². The largest absolute Gasteiger partial charge is 0.463 e. The van der Waals surface area contributed by atoms with Crippen LogP contribution in [0.15, 0.2) is 17.6 Å². The Morgan fingerprint density at radius 2 is 2.50 bits per heavy atom. The summed E-state index contributed by atoms with van der Waals surface area (Å²) in [5, 5.41) is 0.716. The van der Waals surface area contributed by atoms with E-state index in [1.54, 1.807) is 19.5 Å². The van der Waals surface area contributed by atoms with Crippen molar-refractivity contribution in [1.29, 1.82) is 0 Å². The zero-order valence-electron chi connectivity index (χ0n) is 7.86. The first kappa shape index (κ1) is 11.1. The number of hydrogen-bond donors (Lipinski definition) is 1. The van der Waals surface area contributed by atoms with Gasteiger partial charge in [-0.05, 0) is 0 Å². The molecule has 0 amide bonds. The van der Waals surface area contributed by atoms with Crippen LogP contribution in [0.4, 0.5) is 0 Å². The van der Waals surface area contributed by atoms with Gasteiger partial charge in [0.1, 0.15) is 6.61 Å². The lowest BCUT2D eigenvalue weighted by molar-refractivity contribution is -0.141. The molecule has 0 aromatic carbocycles. The van der Waals surface area contributed by atoms with Crippen LogP contribution in [-0.4, -0.2) is 42.0 Å². The topological polar surface area (TPSA) is 64.2 Å². The number of nitrogens with one attached hydrogen (secondary N) is 1. The number of thioether (sulfide) groups is 1. The molecule has 1 heterocycles. The van der Waals surface area contributed by atoms with Crippen LogP contribution in [0.2, 0.25) is 0 Å². The molecular weight excluding hydrogens is 204 g/mol. The van der Waals surface area contributed by atoms with E-state index in [9.17, 15) is 4.79 Å². The molecule has 0 atom stereocenters. The van der Waals surface area contributed by atoms with Crippen molar-refractivity contribution in [2.24, 2.45) is 0 Å². The number of hydrogen-bond acceptors (Lipinski definition) is 5. The van der Waals surface area contributed by atoms with Gasteiger partial charge in [0.05, 0.1) is 12.4 Å². The molecule has 14 heavy (non-hydrogen) atoms. The lowest BCUT2D eigenvalue weighted by Gasteiger charge is -2.02. The van der Waals surface area contributed by atoms with E-state index >= 15 is 0 Å². The van der Waals surface area contributed by atoms with E-state index in [0.717, 1.165) is 0 Å². The summed E-state index contributed by atoms with van der Waals surface area (Å²) < 4.78 is 9.59. The predicted molar refractivity (Wildman–Crippen MR) is 52.1 cm³/mol. The summed E-state index contributed by atoms with van der Waals surface area (Å²) in [7, 11) is 1.56. The number of methoxy groups -OCH3 is 1. The molecule has 0 aliphatic heterocycles. The summed E-state index contributed by atoms with van der Waals surface area (Å²) in [6.45, 7) is 0.727. The number of esters is 1. The summed E-state index contributed by atoms with van der Waals surface area (Å²) in [5.74, 6) is 0.000444. The second kappa shape index (κ2) is 6.44. The molecule has 0 radical (unpaired) electrons. The van der Waals surface area contributed by atoms with Crippen LogP contribution in [0.25, 0.3) is 0 Å². The van der Waals surface area contributed by atoms with Gasteiger partial charge in [-0.2, -0.15) is 0 Å². The van der Waals surface area contributed by atoms with Gasteiger partial charge in [0.15, 0.2) is 5.16 Å². The van der Waals surface area contributed by atoms with E-state index in [0.29, 0.717) is 18.4 Å². The summed E-state index contributed by atoms with van der Waals surface area (Å²) >= 11 is 1.31. The van der Waals surface area contributed by atoms with Crippen LogP contribution in [0, 0.1) is 0 Å². The molecule has 1 aromatic heterocycles. The van der Waals surface area contributed by atoms with E-state index in [1.165, 1.54) is 11.8 Å². The van der Waals surface area contributed by atoms with Gasteiger partial charge >= 0.3 is 5.97 Å². The number of H-pyrrole nitrogens is 1. The molecule has 0 aliphatic carbocycles. The Balaban J connectivity index is 2.09. The normalized spacial score (nSPS) is 10.1. The number of carbonyl (C=O) groups is 1. The Morgan fingerprint density at radius 3 is 3.14 bits per heavy atom. The monoisotopic (exact) mass is 216 g/mol. The van der Waals surface area contributed by atoms with Gasteiger partial charge in [-0.1, -0.05) is 11.8 Å². The molecule has 0 spiro atoms. The van der Waals surface area contributed by atoms with Crippen molar-refractivity contribution < 1.29 is 14.3 Å². The highest BCUT2D eigenvalue weighted by Gasteiger charge is 2.04. The van der Waals surface area contributed by atoms with E-state index < -0.39 is 0 Å². The van der Waals surface area contributed by atoms with Gasteiger partial charge in [-0.15, -0.1) is 0 Å². The Bertz CT molecular complexity index is 264. The van der Waals surface area contributed by atoms with Crippen molar-refractivity contribution in [3.8, 4) is 0 Å². The van der Waals surface area contributed by atoms with Gasteiger partial charge in [-0.25, -0.2) is 4.98 Å². The molecule has 1 aromatic rings. The minimum atomic E-state index is -0.261. The van der Waals surface area contributed by atoms with Crippen molar-refractivity contribution in [2.45, 2.75) is 5.16 Å². The molecule has 0 aliphatic rings. The SMILES string of the molecule is COCCOC(=O)CSc1ncc[nH]1. The summed E-state index contributed by atoms with van der Waals surface area (Å²) in [6.07, 6.45) is 3.34. The molecule has 78 valence electrons. The number of carbonyl (C=O) groups excluding carboxylic acids is 1. The molecule has 5 nitrogen and oxygen atoms in total. The lowest BCUT2D eigenvalue weighted by Crippen LogP contribution is -2.11. The number of ether oxygens (including phenoxy) is 2. The van der Waals surface area contributed by atoms with Gasteiger partial charge in [-0.3, -0.25) is 4.79 Å². The summed E-state index contributed by atoms with van der Waals surface area (Å²) in [5.41, 5.74) is 0. The van der Waals surface area contributed by atoms with Crippen molar-refractivity contribution in [2.75, 3.05) is 26.1 Å². The fourth-order valence-electron chi connectivity index (χ4n) is 0.738. The van der Waals surface area contributed by atoms with Gasteiger partial charge in [0, 0.05) is 19.5 Å². The lowest BCUT2D eigenvalue weighted by atomic mass is 10.7. The molecule has 1 N–H and O–H groups in total. The summed E-state index contributed by atoms with van der Waals surface area (Å²) in [6, 6.07) is 0. The maximum atomic E-state index is 11.1. The fraction of sp³-hybridized carbons (Fsp3) is 0.500. The zero-order chi connectivity index (χ0) is 10.2. The smallest absolute Gasteiger partial charge is 0.316 e. The molecule has 1 rings (SSSR count). The first-order valence-electron chi connectivity index (χ1n) is 4.09. The Hall–Kier alpha value is -1.01. The quantitative estimate of drug-likeness (QED) is 0.430. The highest BCUT2D eigenvalue weighted by molar-refractivity contribution is 7.99. The Morgan fingerprint density at radius 1 is 1.64 bits per heavy atom. The number of rotatable bonds is 6. The minimum absolute atomic E-state index is 0.261. The second-order valence-corrected chi connectivity index (χ2v) is 3.36. The third kappa shape index (κ3) is 4.29. The van der Waals surface area contributed by atoms with Crippen LogP contribution < -0.4 is 0 Å². The van der Waals surface area contributed by atoms with Crippen LogP contribution >= 0.6 is 11.8 Å². The van der Waals surface area contributed by atoms with Crippen LogP contribution in [0.3, 0.4) is 0 Å². The number of nitrogens with zero attached hydrogens (tertiary/aromatic N) is 1. The molecule has 0 saturated heterocycles. The predicted octanol–water partition coefficient (Wildman–Crippen LogP) is 0.691. The van der Waals surface area contributed by atoms with E-state index in [1.807, 2.05) is 0 Å². The van der Waals surface area contributed by atoms with E-state index in [4.69, 9.17) is 9.47 Å².